The second kappa shape index (κ2) is 3.39. The molecule has 1 aromatic carbocycles. The van der Waals surface area contributed by atoms with E-state index < -0.39 is 0 Å². The Balaban J connectivity index is 3.21. The van der Waals surface area contributed by atoms with Gasteiger partial charge < -0.3 is 0 Å². The van der Waals surface area contributed by atoms with Crippen LogP contribution in [-0.4, -0.2) is 6.29 Å². The first kappa shape index (κ1) is 7.31. The van der Waals surface area contributed by atoms with Gasteiger partial charge in [-0.2, -0.15) is 0 Å². The maximum atomic E-state index is 10.2. The van der Waals surface area contributed by atoms with Crippen LogP contribution in [0.15, 0.2) is 29.4 Å². The van der Waals surface area contributed by atoms with Crippen LogP contribution in [-0.2, 0) is 4.79 Å². The minimum absolute atomic E-state index is 0.283. The molecule has 0 aliphatic carbocycles. The lowest BCUT2D eigenvalue weighted by Crippen LogP contribution is -1.77. The summed E-state index contributed by atoms with van der Waals surface area (Å²) in [6, 6.07) is 6.46. The quantitative estimate of drug-likeness (QED) is 0.358. The summed E-state index contributed by atoms with van der Waals surface area (Å²) in [6.07, 6.45) is 1.67. The van der Waals surface area contributed by atoms with Crippen molar-refractivity contribution in [1.29, 1.82) is 0 Å². The van der Waals surface area contributed by atoms with Crippen LogP contribution in [0.1, 0.15) is 5.56 Å². The van der Waals surface area contributed by atoms with Gasteiger partial charge in [0, 0.05) is 16.2 Å². The Morgan fingerprint density at radius 2 is 2.18 bits per heavy atom. The Hall–Kier alpha value is -1.80. The molecular formula is C7H4N3O. The fourth-order valence-electron chi connectivity index (χ4n) is 0.695. The second-order valence-corrected chi connectivity index (χ2v) is 1.81. The van der Waals surface area contributed by atoms with Gasteiger partial charge in [-0.15, -0.1) is 0 Å². The van der Waals surface area contributed by atoms with Crippen LogP contribution < -0.4 is 0 Å². The summed E-state index contributed by atoms with van der Waals surface area (Å²) < 4.78 is 0. The van der Waals surface area contributed by atoms with Crippen LogP contribution in [0.2, 0.25) is 0 Å². The highest BCUT2D eigenvalue weighted by molar-refractivity contribution is 5.82. The van der Waals surface area contributed by atoms with Gasteiger partial charge in [-0.25, -0.2) is 0 Å². The molecule has 0 fully saturated rings. The van der Waals surface area contributed by atoms with Gasteiger partial charge in [0.2, 0.25) is 6.29 Å². The molecule has 11 heavy (non-hydrogen) atoms. The summed E-state index contributed by atoms with van der Waals surface area (Å²) in [7, 11) is 0. The van der Waals surface area contributed by atoms with Crippen molar-refractivity contribution in [2.24, 2.45) is 5.11 Å². The van der Waals surface area contributed by atoms with Gasteiger partial charge in [-0.3, -0.25) is 4.79 Å². The molecular weight excluding hydrogens is 142 g/mol. The van der Waals surface area contributed by atoms with Crippen molar-refractivity contribution in [3.8, 4) is 0 Å². The fraction of sp³-hybridized carbons (Fsp3) is 0. The average molecular weight is 146 g/mol. The summed E-state index contributed by atoms with van der Waals surface area (Å²) in [5.74, 6) is 0. The molecule has 0 bridgehead atoms. The third kappa shape index (κ3) is 1.56. The standard InChI is InChI=1S/C7H4N3O/c8-10-9-7-4-2-1-3-6(7)5-11/h1-4H. The average Bonchev–Trinajstić information content (AvgIpc) is 2.06. The van der Waals surface area contributed by atoms with Gasteiger partial charge >= 0.3 is 0 Å². The first-order valence-electron chi connectivity index (χ1n) is 2.91. The largest absolute Gasteiger partial charge is 0.285 e. The highest BCUT2D eigenvalue weighted by Gasteiger charge is 1.95. The van der Waals surface area contributed by atoms with Gasteiger partial charge in [-0.1, -0.05) is 29.4 Å². The first-order valence-corrected chi connectivity index (χ1v) is 2.91. The smallest absolute Gasteiger partial charge is 0.233 e. The molecule has 4 heteroatoms. The first-order chi connectivity index (χ1) is 5.38. The highest BCUT2D eigenvalue weighted by Crippen LogP contribution is 2.15. The van der Waals surface area contributed by atoms with Crippen molar-refractivity contribution >= 4 is 12.0 Å². The Labute approximate surface area is 63.1 Å². The molecule has 1 aromatic rings. The van der Waals surface area contributed by atoms with E-state index in [0.29, 0.717) is 5.69 Å². The van der Waals surface area contributed by atoms with Crippen LogP contribution in [0.3, 0.4) is 0 Å². The third-order valence-electron chi connectivity index (χ3n) is 1.17. The van der Waals surface area contributed by atoms with E-state index in [1.807, 2.05) is 0 Å². The third-order valence-corrected chi connectivity index (χ3v) is 1.17. The Bertz CT molecular complexity index is 315. The predicted octanol–water partition coefficient (Wildman–Crippen LogP) is 2.09. The van der Waals surface area contributed by atoms with Gasteiger partial charge in [0.25, 0.3) is 0 Å². The number of benzene rings is 1. The molecule has 1 rings (SSSR count). The maximum absolute atomic E-state index is 10.2. The molecule has 0 aromatic heterocycles. The molecule has 0 heterocycles. The number of rotatable bonds is 2. The molecule has 53 valence electrons. The van der Waals surface area contributed by atoms with Crippen LogP contribution in [0.5, 0.6) is 0 Å². The van der Waals surface area contributed by atoms with Crippen molar-refractivity contribution in [2.45, 2.75) is 0 Å². The number of hydrogen-bond donors (Lipinski definition) is 0. The summed E-state index contributed by atoms with van der Waals surface area (Å²) in [4.78, 5) is 12.8. The van der Waals surface area contributed by atoms with E-state index in [-0.39, 0.29) is 5.56 Å². The predicted molar refractivity (Wildman–Crippen MR) is 40.0 cm³/mol. The number of carbonyl (C=O) groups excluding carboxylic acids is 1. The maximum Gasteiger partial charge on any atom is 0.233 e. The Morgan fingerprint density at radius 3 is 2.82 bits per heavy atom. The monoisotopic (exact) mass is 146 g/mol. The van der Waals surface area contributed by atoms with E-state index >= 15 is 0 Å². The molecule has 0 N–H and O–H groups in total. The summed E-state index contributed by atoms with van der Waals surface area (Å²) in [5, 5.41) is 3.30. The van der Waals surface area contributed by atoms with Gasteiger partial charge in [0.1, 0.15) is 0 Å². The van der Waals surface area contributed by atoms with Gasteiger partial charge in [-0.05, 0) is 5.53 Å². The lowest BCUT2D eigenvalue weighted by atomic mass is 10.2. The van der Waals surface area contributed by atoms with Crippen molar-refractivity contribution in [3.63, 3.8) is 0 Å². The molecule has 0 atom stereocenters. The zero-order valence-corrected chi connectivity index (χ0v) is 5.56. The van der Waals surface area contributed by atoms with Gasteiger partial charge in [0.15, 0.2) is 0 Å². The molecule has 0 saturated heterocycles. The molecule has 0 saturated carbocycles. The van der Waals surface area contributed by atoms with E-state index in [9.17, 15) is 4.79 Å². The molecule has 4 nitrogen and oxygen atoms in total. The van der Waals surface area contributed by atoms with Crippen molar-refractivity contribution in [3.05, 3.63) is 40.3 Å². The summed E-state index contributed by atoms with van der Waals surface area (Å²) in [5.41, 5.74) is 8.66. The Morgan fingerprint density at radius 1 is 1.45 bits per heavy atom. The van der Waals surface area contributed by atoms with Crippen molar-refractivity contribution < 1.29 is 4.79 Å². The van der Waals surface area contributed by atoms with Crippen LogP contribution >= 0.6 is 0 Å². The molecule has 0 amide bonds. The lowest BCUT2D eigenvalue weighted by Gasteiger charge is -1.91. The fourth-order valence-corrected chi connectivity index (χ4v) is 0.695. The minimum atomic E-state index is 0.283. The normalized spacial score (nSPS) is 8.36. The topological polar surface area (TPSA) is 65.8 Å². The molecule has 0 aliphatic heterocycles. The number of hydrogen-bond acceptors (Lipinski definition) is 2. The zero-order valence-electron chi connectivity index (χ0n) is 5.56. The van der Waals surface area contributed by atoms with Crippen molar-refractivity contribution in [2.75, 3.05) is 0 Å². The van der Waals surface area contributed by atoms with Crippen LogP contribution in [0, 0.1) is 0 Å². The van der Waals surface area contributed by atoms with E-state index in [1.165, 1.54) is 6.07 Å². The van der Waals surface area contributed by atoms with E-state index in [1.54, 1.807) is 24.5 Å². The zero-order chi connectivity index (χ0) is 8.10. The molecule has 0 aliphatic rings. The van der Waals surface area contributed by atoms with Crippen molar-refractivity contribution in [1.82, 2.24) is 0 Å². The Kier molecular flexibility index (Phi) is 2.25. The molecule has 0 spiro atoms. The van der Waals surface area contributed by atoms with Gasteiger partial charge in [0.05, 0.1) is 0 Å². The molecule has 1 radical (unpaired) electrons. The lowest BCUT2D eigenvalue weighted by molar-refractivity contribution is 0.563. The highest BCUT2D eigenvalue weighted by atomic mass is 16.1. The van der Waals surface area contributed by atoms with E-state index in [0.717, 1.165) is 0 Å². The van der Waals surface area contributed by atoms with E-state index in [2.05, 4.69) is 10.0 Å². The minimum Gasteiger partial charge on any atom is -0.285 e. The van der Waals surface area contributed by atoms with E-state index in [4.69, 9.17) is 5.53 Å². The van der Waals surface area contributed by atoms with Crippen LogP contribution in [0.25, 0.3) is 10.4 Å². The van der Waals surface area contributed by atoms with Crippen LogP contribution in [0.4, 0.5) is 5.69 Å². The number of azide groups is 1. The molecule has 0 unspecified atom stereocenters. The summed E-state index contributed by atoms with van der Waals surface area (Å²) >= 11 is 0. The number of nitrogens with zero attached hydrogens (tertiary/aromatic N) is 3. The second-order valence-electron chi connectivity index (χ2n) is 1.81. The summed E-state index contributed by atoms with van der Waals surface area (Å²) in [6.45, 7) is 0. The SMILES string of the molecule is [N-]=[N+]=Nc1ccccc1[C]=O.